The quantitative estimate of drug-likeness (QED) is 0.356. The first-order valence-corrected chi connectivity index (χ1v) is 10.5. The molecule has 2 aromatic carbocycles. The fourth-order valence-electron chi connectivity index (χ4n) is 3.56. The molecule has 1 amide bonds. The zero-order valence-corrected chi connectivity index (χ0v) is 21.2. The number of aliphatic imine (C=N–C) groups is 1. The van der Waals surface area contributed by atoms with Crippen LogP contribution in [-0.2, 0) is 6.54 Å². The van der Waals surface area contributed by atoms with E-state index in [4.69, 9.17) is 0 Å². The highest BCUT2D eigenvalue weighted by atomic mass is 127. The minimum Gasteiger partial charge on any atom is -0.368 e. The molecule has 1 aliphatic rings. The van der Waals surface area contributed by atoms with Gasteiger partial charge in [-0.2, -0.15) is 0 Å². The first-order valence-electron chi connectivity index (χ1n) is 10.5. The number of hydrogen-bond donors (Lipinski definition) is 2. The minimum absolute atomic E-state index is 0. The summed E-state index contributed by atoms with van der Waals surface area (Å²) in [5.41, 5.74) is 2.75. The van der Waals surface area contributed by atoms with Crippen molar-refractivity contribution in [1.82, 2.24) is 15.5 Å². The Bertz CT molecular complexity index is 871. The number of carbonyl (C=O) groups excluding carboxylic acids is 1. The summed E-state index contributed by atoms with van der Waals surface area (Å²) < 4.78 is 0. The highest BCUT2D eigenvalue weighted by Crippen LogP contribution is 2.15. The van der Waals surface area contributed by atoms with Gasteiger partial charge < -0.3 is 20.4 Å². The molecule has 2 N–H and O–H groups in total. The molecule has 0 bridgehead atoms. The maximum Gasteiger partial charge on any atom is 0.251 e. The maximum atomic E-state index is 12.4. The third kappa shape index (κ3) is 7.41. The van der Waals surface area contributed by atoms with Crippen LogP contribution in [0.4, 0.5) is 5.69 Å². The highest BCUT2D eigenvalue weighted by molar-refractivity contribution is 14.0. The van der Waals surface area contributed by atoms with E-state index < -0.39 is 0 Å². The second kappa shape index (κ2) is 11.4. The van der Waals surface area contributed by atoms with Crippen LogP contribution in [0.1, 0.15) is 36.7 Å². The van der Waals surface area contributed by atoms with Crippen molar-refractivity contribution in [3.63, 3.8) is 0 Å². The molecule has 0 radical (unpaired) electrons. The second-order valence-corrected chi connectivity index (χ2v) is 8.61. The molecule has 0 aromatic heterocycles. The van der Waals surface area contributed by atoms with E-state index >= 15 is 0 Å². The van der Waals surface area contributed by atoms with E-state index in [1.165, 1.54) is 5.69 Å². The van der Waals surface area contributed by atoms with E-state index in [0.717, 1.165) is 37.7 Å². The van der Waals surface area contributed by atoms with Crippen LogP contribution in [0.25, 0.3) is 0 Å². The van der Waals surface area contributed by atoms with Crippen LogP contribution >= 0.6 is 24.0 Å². The van der Waals surface area contributed by atoms with Crippen LogP contribution in [0.5, 0.6) is 0 Å². The lowest BCUT2D eigenvalue weighted by molar-refractivity contribution is 0.0919. The average molecular weight is 535 g/mol. The van der Waals surface area contributed by atoms with Crippen molar-refractivity contribution < 1.29 is 4.79 Å². The number of amides is 1. The fourth-order valence-corrected chi connectivity index (χ4v) is 3.56. The molecule has 0 spiro atoms. The molecular formula is C24H34IN5O. The molecule has 7 heteroatoms. The van der Waals surface area contributed by atoms with Gasteiger partial charge in [-0.3, -0.25) is 9.79 Å². The molecule has 3 rings (SSSR count). The normalized spacial score (nSPS) is 14.6. The molecule has 1 saturated heterocycles. The first-order chi connectivity index (χ1) is 14.4. The van der Waals surface area contributed by atoms with E-state index in [1.54, 1.807) is 0 Å². The standard InChI is InChI=1S/C24H33N5O.HI/c1-24(2,3)27-22(30)20-10-8-9-19(17-20)18-26-23(25-4)29-15-13-28(14-16-29)21-11-6-5-7-12-21;/h5-12,17H,13-16,18H2,1-4H3,(H,25,26)(H,27,30);1H. The molecule has 0 atom stereocenters. The lowest BCUT2D eigenvalue weighted by atomic mass is 10.1. The first kappa shape index (κ1) is 25.0. The molecular weight excluding hydrogens is 501 g/mol. The Morgan fingerprint density at radius 3 is 2.29 bits per heavy atom. The summed E-state index contributed by atoms with van der Waals surface area (Å²) in [7, 11) is 1.82. The topological polar surface area (TPSA) is 60.0 Å². The highest BCUT2D eigenvalue weighted by Gasteiger charge is 2.20. The van der Waals surface area contributed by atoms with Gasteiger partial charge in [-0.1, -0.05) is 30.3 Å². The Labute approximate surface area is 203 Å². The van der Waals surface area contributed by atoms with Gasteiger partial charge in [0, 0.05) is 56.6 Å². The number of hydrogen-bond acceptors (Lipinski definition) is 3. The Morgan fingerprint density at radius 1 is 1.00 bits per heavy atom. The third-order valence-corrected chi connectivity index (χ3v) is 5.04. The summed E-state index contributed by atoms with van der Waals surface area (Å²) in [6, 6.07) is 18.3. The largest absolute Gasteiger partial charge is 0.368 e. The van der Waals surface area contributed by atoms with Crippen molar-refractivity contribution in [2.75, 3.05) is 38.1 Å². The number of nitrogens with one attached hydrogen (secondary N) is 2. The fraction of sp³-hybridized carbons (Fsp3) is 0.417. The summed E-state index contributed by atoms with van der Waals surface area (Å²) in [4.78, 5) is 21.6. The van der Waals surface area contributed by atoms with Crippen LogP contribution in [0.2, 0.25) is 0 Å². The van der Waals surface area contributed by atoms with Gasteiger partial charge >= 0.3 is 0 Å². The van der Waals surface area contributed by atoms with Crippen LogP contribution < -0.4 is 15.5 Å². The van der Waals surface area contributed by atoms with Crippen LogP contribution in [0.15, 0.2) is 59.6 Å². The third-order valence-electron chi connectivity index (χ3n) is 5.04. The molecule has 31 heavy (non-hydrogen) atoms. The van der Waals surface area contributed by atoms with Crippen LogP contribution in [-0.4, -0.2) is 55.5 Å². The summed E-state index contributed by atoms with van der Waals surface area (Å²) in [5, 5.41) is 6.46. The van der Waals surface area contributed by atoms with Crippen molar-refractivity contribution in [3.05, 3.63) is 65.7 Å². The van der Waals surface area contributed by atoms with Crippen molar-refractivity contribution in [3.8, 4) is 0 Å². The van der Waals surface area contributed by atoms with Gasteiger partial charge in [-0.05, 0) is 50.6 Å². The predicted molar refractivity (Wildman–Crippen MR) is 140 cm³/mol. The monoisotopic (exact) mass is 535 g/mol. The Balaban J connectivity index is 0.00000341. The molecule has 1 fully saturated rings. The van der Waals surface area contributed by atoms with Gasteiger partial charge in [-0.25, -0.2) is 0 Å². The number of para-hydroxylation sites is 1. The van der Waals surface area contributed by atoms with E-state index in [9.17, 15) is 4.79 Å². The Morgan fingerprint density at radius 2 is 1.68 bits per heavy atom. The zero-order chi connectivity index (χ0) is 21.6. The number of rotatable bonds is 4. The van der Waals surface area contributed by atoms with Gasteiger partial charge in [0.1, 0.15) is 0 Å². The lowest BCUT2D eigenvalue weighted by Gasteiger charge is -2.37. The SMILES string of the molecule is CN=C(NCc1cccc(C(=O)NC(C)(C)C)c1)N1CCN(c2ccccc2)CC1.I. The van der Waals surface area contributed by atoms with Crippen LogP contribution in [0.3, 0.4) is 0 Å². The minimum atomic E-state index is -0.255. The van der Waals surface area contributed by atoms with Gasteiger partial charge in [0.2, 0.25) is 0 Å². The number of benzene rings is 2. The van der Waals surface area contributed by atoms with Gasteiger partial charge in [0.15, 0.2) is 5.96 Å². The Kier molecular flexibility index (Phi) is 9.15. The smallest absolute Gasteiger partial charge is 0.251 e. The molecule has 0 saturated carbocycles. The Hall–Kier alpha value is -2.29. The number of carbonyl (C=O) groups is 1. The van der Waals surface area contributed by atoms with Gasteiger partial charge in [0.25, 0.3) is 5.91 Å². The van der Waals surface area contributed by atoms with E-state index in [-0.39, 0.29) is 35.4 Å². The van der Waals surface area contributed by atoms with Crippen molar-refractivity contribution >= 4 is 41.5 Å². The van der Waals surface area contributed by atoms with Gasteiger partial charge in [0.05, 0.1) is 0 Å². The van der Waals surface area contributed by atoms with E-state index in [2.05, 4.69) is 49.7 Å². The van der Waals surface area contributed by atoms with E-state index in [0.29, 0.717) is 12.1 Å². The summed E-state index contributed by atoms with van der Waals surface area (Å²) >= 11 is 0. The summed E-state index contributed by atoms with van der Waals surface area (Å²) in [6.45, 7) is 10.3. The molecule has 1 aliphatic heterocycles. The molecule has 0 unspecified atom stereocenters. The number of nitrogens with zero attached hydrogens (tertiary/aromatic N) is 3. The maximum absolute atomic E-state index is 12.4. The number of anilines is 1. The molecule has 168 valence electrons. The molecule has 0 aliphatic carbocycles. The van der Waals surface area contributed by atoms with Crippen LogP contribution in [0, 0.1) is 0 Å². The number of piperazine rings is 1. The summed E-state index contributed by atoms with van der Waals surface area (Å²) in [6.07, 6.45) is 0. The number of guanidine groups is 1. The average Bonchev–Trinajstić information content (AvgIpc) is 2.74. The second-order valence-electron chi connectivity index (χ2n) is 8.61. The zero-order valence-electron chi connectivity index (χ0n) is 18.9. The predicted octanol–water partition coefficient (Wildman–Crippen LogP) is 3.73. The van der Waals surface area contributed by atoms with Gasteiger partial charge in [-0.15, -0.1) is 24.0 Å². The van der Waals surface area contributed by atoms with Crippen molar-refractivity contribution in [1.29, 1.82) is 0 Å². The number of halogens is 1. The summed E-state index contributed by atoms with van der Waals surface area (Å²) in [5.74, 6) is 0.845. The van der Waals surface area contributed by atoms with E-state index in [1.807, 2.05) is 58.2 Å². The van der Waals surface area contributed by atoms with Crippen molar-refractivity contribution in [2.24, 2.45) is 4.99 Å². The van der Waals surface area contributed by atoms with Crippen molar-refractivity contribution in [2.45, 2.75) is 32.9 Å². The lowest BCUT2D eigenvalue weighted by Crippen LogP contribution is -2.52. The molecule has 2 aromatic rings. The molecule has 6 nitrogen and oxygen atoms in total. The molecule has 1 heterocycles.